The van der Waals surface area contributed by atoms with Gasteiger partial charge in [-0.3, -0.25) is 0 Å². The third kappa shape index (κ3) is 5.60. The van der Waals surface area contributed by atoms with E-state index in [0.717, 1.165) is 36.0 Å². The highest BCUT2D eigenvalue weighted by molar-refractivity contribution is 5.39. The highest BCUT2D eigenvalue weighted by atomic mass is 19.1. The summed E-state index contributed by atoms with van der Waals surface area (Å²) in [5.41, 5.74) is 3.37. The Morgan fingerprint density at radius 1 is 1.20 bits per heavy atom. The summed E-state index contributed by atoms with van der Waals surface area (Å²) < 4.78 is 27.2. The van der Waals surface area contributed by atoms with E-state index >= 15 is 0 Å². The van der Waals surface area contributed by atoms with Crippen molar-refractivity contribution in [2.24, 2.45) is 5.92 Å². The third-order valence-corrected chi connectivity index (χ3v) is 3.92. The minimum Gasteiger partial charge on any atom is -0.247 e. The van der Waals surface area contributed by atoms with Crippen LogP contribution in [0.3, 0.4) is 0 Å². The lowest BCUT2D eigenvalue weighted by atomic mass is 9.87. The van der Waals surface area contributed by atoms with Gasteiger partial charge in [-0.05, 0) is 49.8 Å². The van der Waals surface area contributed by atoms with Gasteiger partial charge in [0.15, 0.2) is 0 Å². The number of hydrogen-bond donors (Lipinski definition) is 0. The first-order valence-electron chi connectivity index (χ1n) is 7.68. The van der Waals surface area contributed by atoms with Crippen molar-refractivity contribution in [3.05, 3.63) is 34.9 Å². The summed E-state index contributed by atoms with van der Waals surface area (Å²) in [5, 5.41) is 0. The fourth-order valence-electron chi connectivity index (χ4n) is 2.52. The van der Waals surface area contributed by atoms with Crippen molar-refractivity contribution in [3.8, 4) is 0 Å². The summed E-state index contributed by atoms with van der Waals surface area (Å²) >= 11 is 0. The summed E-state index contributed by atoms with van der Waals surface area (Å²) in [6.07, 6.45) is 4.18. The summed E-state index contributed by atoms with van der Waals surface area (Å²) in [7, 11) is 0. The maximum atomic E-state index is 14.0. The highest BCUT2D eigenvalue weighted by Gasteiger charge is 2.20. The molecule has 0 aliphatic carbocycles. The molecule has 0 N–H and O–H groups in total. The van der Waals surface area contributed by atoms with Crippen molar-refractivity contribution in [1.82, 2.24) is 0 Å². The van der Waals surface area contributed by atoms with Crippen molar-refractivity contribution in [2.75, 3.05) is 6.67 Å². The Hall–Kier alpha value is -0.920. The van der Waals surface area contributed by atoms with Crippen LogP contribution in [0.4, 0.5) is 8.78 Å². The van der Waals surface area contributed by atoms with E-state index in [1.54, 1.807) is 0 Å². The van der Waals surface area contributed by atoms with Crippen LogP contribution in [0.15, 0.2) is 34.9 Å². The Morgan fingerprint density at radius 2 is 1.80 bits per heavy atom. The smallest absolute Gasteiger partial charge is 0.115 e. The van der Waals surface area contributed by atoms with E-state index in [-0.39, 0.29) is 5.92 Å². The average molecular weight is 284 g/mol. The molecule has 0 aromatic carbocycles. The molecule has 0 aliphatic rings. The minimum absolute atomic E-state index is 0.0595. The summed E-state index contributed by atoms with van der Waals surface area (Å²) in [6, 6.07) is 0. The number of allylic oxidation sites excluding steroid dienone is 5. The van der Waals surface area contributed by atoms with Crippen LogP contribution >= 0.6 is 0 Å². The van der Waals surface area contributed by atoms with Gasteiger partial charge in [0.1, 0.15) is 12.8 Å². The molecule has 0 saturated carbocycles. The van der Waals surface area contributed by atoms with Gasteiger partial charge >= 0.3 is 0 Å². The van der Waals surface area contributed by atoms with Gasteiger partial charge in [0, 0.05) is 5.92 Å². The van der Waals surface area contributed by atoms with E-state index in [0.29, 0.717) is 12.0 Å². The molecule has 0 saturated heterocycles. The summed E-state index contributed by atoms with van der Waals surface area (Å²) in [6.45, 7) is 13.1. The van der Waals surface area contributed by atoms with Crippen LogP contribution in [0.2, 0.25) is 0 Å². The van der Waals surface area contributed by atoms with Crippen molar-refractivity contribution < 1.29 is 8.78 Å². The van der Waals surface area contributed by atoms with Gasteiger partial charge in [0.05, 0.1) is 0 Å². The Morgan fingerprint density at radius 3 is 2.20 bits per heavy atom. The van der Waals surface area contributed by atoms with Crippen LogP contribution in [0.5, 0.6) is 0 Å². The first-order chi connectivity index (χ1) is 9.42. The maximum Gasteiger partial charge on any atom is 0.115 e. The maximum absolute atomic E-state index is 14.0. The predicted molar refractivity (Wildman–Crippen MR) is 85.4 cm³/mol. The second kappa shape index (κ2) is 9.90. The lowest BCUT2D eigenvalue weighted by molar-refractivity contribution is 0.235. The van der Waals surface area contributed by atoms with Gasteiger partial charge < -0.3 is 0 Å². The first kappa shape index (κ1) is 19.1. The molecule has 0 aliphatic heterocycles. The number of rotatable bonds is 9. The molecule has 0 radical (unpaired) electrons. The minimum atomic E-state index is -0.817. The lowest BCUT2D eigenvalue weighted by Gasteiger charge is -2.21. The normalized spacial score (nSPS) is 16.6. The zero-order valence-electron chi connectivity index (χ0n) is 13.7. The average Bonchev–Trinajstić information content (AvgIpc) is 2.44. The molecular formula is C18H30F2. The first-order valence-corrected chi connectivity index (χ1v) is 7.68. The Bertz CT molecular complexity index is 364. The van der Waals surface area contributed by atoms with E-state index in [1.807, 2.05) is 33.8 Å². The molecule has 0 rings (SSSR count). The Labute approximate surface area is 123 Å². The summed E-state index contributed by atoms with van der Waals surface area (Å²) in [4.78, 5) is 0. The molecule has 0 aromatic heterocycles. The zero-order valence-corrected chi connectivity index (χ0v) is 13.7. The molecule has 2 unspecified atom stereocenters. The predicted octanol–water partition coefficient (Wildman–Crippen LogP) is 6.35. The van der Waals surface area contributed by atoms with Crippen LogP contribution in [-0.4, -0.2) is 12.8 Å². The molecule has 116 valence electrons. The third-order valence-electron chi connectivity index (χ3n) is 3.92. The number of hydrogen-bond acceptors (Lipinski definition) is 0. The molecule has 20 heavy (non-hydrogen) atoms. The molecule has 0 aromatic rings. The molecule has 0 nitrogen and oxygen atoms in total. The molecule has 0 bridgehead atoms. The van der Waals surface area contributed by atoms with Gasteiger partial charge in [-0.25, -0.2) is 8.78 Å². The Balaban J connectivity index is 5.34. The van der Waals surface area contributed by atoms with E-state index in [2.05, 4.69) is 13.5 Å². The largest absolute Gasteiger partial charge is 0.247 e. The summed E-state index contributed by atoms with van der Waals surface area (Å²) in [5.74, 6) is -0.0595. The highest BCUT2D eigenvalue weighted by Crippen LogP contribution is 2.27. The van der Waals surface area contributed by atoms with Crippen molar-refractivity contribution in [2.45, 2.75) is 66.5 Å². The van der Waals surface area contributed by atoms with E-state index < -0.39 is 12.8 Å². The van der Waals surface area contributed by atoms with Gasteiger partial charge in [0.2, 0.25) is 0 Å². The second-order valence-corrected chi connectivity index (χ2v) is 5.46. The van der Waals surface area contributed by atoms with Crippen LogP contribution in [0.1, 0.15) is 60.3 Å². The fraction of sp³-hybridized carbons (Fsp3) is 0.667. The Kier molecular flexibility index (Phi) is 9.45. The molecule has 0 amide bonds. The van der Waals surface area contributed by atoms with Crippen molar-refractivity contribution >= 4 is 0 Å². The van der Waals surface area contributed by atoms with E-state index in [4.69, 9.17) is 0 Å². The van der Waals surface area contributed by atoms with Crippen LogP contribution < -0.4 is 0 Å². The number of halogens is 2. The van der Waals surface area contributed by atoms with Gasteiger partial charge in [0.25, 0.3) is 0 Å². The lowest BCUT2D eigenvalue weighted by Crippen LogP contribution is -2.16. The molecular weight excluding hydrogens is 254 g/mol. The molecule has 2 heteroatoms. The van der Waals surface area contributed by atoms with Crippen molar-refractivity contribution in [1.29, 1.82) is 0 Å². The SMILES string of the molecule is C=C(CC)/C(CF)=C(C)/C=C(\C)C(CCC)C(F)CC. The van der Waals surface area contributed by atoms with Gasteiger partial charge in [-0.2, -0.15) is 0 Å². The van der Waals surface area contributed by atoms with E-state index in [1.165, 1.54) is 0 Å². The van der Waals surface area contributed by atoms with E-state index in [9.17, 15) is 8.78 Å². The van der Waals surface area contributed by atoms with Crippen LogP contribution in [-0.2, 0) is 0 Å². The molecule has 0 spiro atoms. The topological polar surface area (TPSA) is 0 Å². The van der Waals surface area contributed by atoms with Crippen molar-refractivity contribution in [3.63, 3.8) is 0 Å². The molecule has 0 heterocycles. The van der Waals surface area contributed by atoms with Crippen LogP contribution in [0, 0.1) is 5.92 Å². The number of alkyl halides is 2. The van der Waals surface area contributed by atoms with Gasteiger partial charge in [-0.15, -0.1) is 0 Å². The monoisotopic (exact) mass is 284 g/mol. The fourth-order valence-corrected chi connectivity index (χ4v) is 2.52. The van der Waals surface area contributed by atoms with Gasteiger partial charge in [-0.1, -0.05) is 45.4 Å². The molecule has 2 atom stereocenters. The molecule has 0 fully saturated rings. The zero-order chi connectivity index (χ0) is 15.7. The second-order valence-electron chi connectivity index (χ2n) is 5.46. The standard InChI is InChI=1S/C18H30F2/c1-7-10-16(18(20)9-3)14(5)11-15(6)17(12-19)13(4)8-2/h11,16,18H,4,7-10,12H2,1-3,5-6H3/b14-11+,17-15+. The quantitative estimate of drug-likeness (QED) is 0.433. The van der Waals surface area contributed by atoms with Crippen LogP contribution in [0.25, 0.3) is 0 Å².